The van der Waals surface area contributed by atoms with Gasteiger partial charge in [-0.2, -0.15) is 0 Å². The van der Waals surface area contributed by atoms with Crippen LogP contribution in [0.15, 0.2) is 0 Å². The summed E-state index contributed by atoms with van der Waals surface area (Å²) in [5, 5.41) is 17.6. The lowest BCUT2D eigenvalue weighted by atomic mass is 10.2. The van der Waals surface area contributed by atoms with Crippen molar-refractivity contribution in [1.82, 2.24) is 0 Å². The maximum atomic E-state index is 11.9. The van der Waals surface area contributed by atoms with Gasteiger partial charge in [0.05, 0.1) is 9.42 Å². The van der Waals surface area contributed by atoms with Crippen LogP contribution in [0.2, 0.25) is 0 Å². The average Bonchev–Trinajstić information content (AvgIpc) is 2.05. The van der Waals surface area contributed by atoms with Gasteiger partial charge in [0.1, 0.15) is 5.60 Å². The molecule has 17 heavy (non-hydrogen) atoms. The van der Waals surface area contributed by atoms with Gasteiger partial charge in [0.2, 0.25) is 0 Å². The van der Waals surface area contributed by atoms with Crippen molar-refractivity contribution in [3.05, 3.63) is 7.69 Å². The zero-order valence-electron chi connectivity index (χ0n) is 10.2. The van der Waals surface area contributed by atoms with E-state index < -0.39 is 11.5 Å². The Labute approximate surface area is 107 Å². The number of aliphatic hydroxyl groups is 2. The number of carbonyl (C=O) groups is 1. The van der Waals surface area contributed by atoms with Crippen molar-refractivity contribution < 1.29 is 19.7 Å². The minimum absolute atomic E-state index is 0.341. The minimum Gasteiger partial charge on any atom is -0.479 e. The summed E-state index contributed by atoms with van der Waals surface area (Å²) >= 11 is 2.38. The summed E-state index contributed by atoms with van der Waals surface area (Å²) in [6, 6.07) is 0. The summed E-state index contributed by atoms with van der Waals surface area (Å²) in [5.74, 6) is -1.03. The zero-order valence-corrected chi connectivity index (χ0v) is 11.9. The number of hydrogen-bond acceptors (Lipinski definition) is 6. The van der Waals surface area contributed by atoms with E-state index in [1.165, 1.54) is 22.7 Å². The van der Waals surface area contributed by atoms with Crippen molar-refractivity contribution in [3.63, 3.8) is 0 Å². The standard InChI is InChI=1S/C11H16O4S2/c1-5-6(8(14)15-11(2,3)4)9-16-10(17-9)7(12)13/h12-13H,5H2,1-4H3. The van der Waals surface area contributed by atoms with Gasteiger partial charge in [0.25, 0.3) is 0 Å². The van der Waals surface area contributed by atoms with Crippen LogP contribution >= 0.6 is 22.7 Å². The Hall–Kier alpha value is -1.01. The molecular formula is C11H16O4S2. The van der Waals surface area contributed by atoms with Gasteiger partial charge in [-0.3, -0.25) is 0 Å². The molecule has 0 spiro atoms. The van der Waals surface area contributed by atoms with Gasteiger partial charge in [-0.1, -0.05) is 6.92 Å². The quantitative estimate of drug-likeness (QED) is 0.810. The van der Waals surface area contributed by atoms with Crippen molar-refractivity contribution >= 4 is 40.2 Å². The summed E-state index contributed by atoms with van der Waals surface area (Å²) in [5.41, 5.74) is 0.0643. The molecule has 1 aromatic heterocycles. The highest BCUT2D eigenvalue weighted by molar-refractivity contribution is 7.36. The molecule has 0 unspecified atom stereocenters. The monoisotopic (exact) mass is 276 g/mol. The van der Waals surface area contributed by atoms with E-state index in [0.29, 0.717) is 15.8 Å². The SMILES string of the molecule is CCC(C(=O)OC(C)(C)C)=c1sc(=C(O)O)s1. The van der Waals surface area contributed by atoms with E-state index >= 15 is 0 Å². The van der Waals surface area contributed by atoms with Gasteiger partial charge >= 0.3 is 11.9 Å². The molecule has 1 aromatic rings. The lowest BCUT2D eigenvalue weighted by Crippen LogP contribution is -2.27. The molecule has 0 aliphatic carbocycles. The predicted octanol–water partition coefficient (Wildman–Crippen LogP) is 1.89. The second kappa shape index (κ2) is 5.10. The number of aliphatic hydroxyl groups excluding tert-OH is 1. The zero-order chi connectivity index (χ0) is 13.2. The van der Waals surface area contributed by atoms with Crippen molar-refractivity contribution in [1.29, 1.82) is 0 Å². The molecule has 1 rings (SSSR count). The Balaban J connectivity index is 3.05. The molecule has 0 amide bonds. The summed E-state index contributed by atoms with van der Waals surface area (Å²) in [6.07, 6.45) is 0.559. The molecular weight excluding hydrogens is 260 g/mol. The first-order valence-electron chi connectivity index (χ1n) is 5.19. The van der Waals surface area contributed by atoms with Crippen LogP contribution in [0.3, 0.4) is 0 Å². The van der Waals surface area contributed by atoms with Crippen LogP contribution in [0.5, 0.6) is 0 Å². The number of carbonyl (C=O) groups excluding carboxylic acids is 1. The van der Waals surface area contributed by atoms with E-state index in [-0.39, 0.29) is 5.97 Å². The largest absolute Gasteiger partial charge is 0.479 e. The Morgan fingerprint density at radius 3 is 2.12 bits per heavy atom. The Morgan fingerprint density at radius 2 is 1.76 bits per heavy atom. The van der Waals surface area contributed by atoms with Crippen LogP contribution in [-0.4, -0.2) is 21.8 Å². The van der Waals surface area contributed by atoms with E-state index in [1.54, 1.807) is 0 Å². The van der Waals surface area contributed by atoms with Crippen LogP contribution in [0.1, 0.15) is 34.1 Å². The van der Waals surface area contributed by atoms with Gasteiger partial charge < -0.3 is 14.9 Å². The first-order chi connectivity index (χ1) is 7.74. The smallest absolute Gasteiger partial charge is 0.336 e. The van der Waals surface area contributed by atoms with E-state index in [4.69, 9.17) is 14.9 Å². The topological polar surface area (TPSA) is 66.8 Å². The first-order valence-corrected chi connectivity index (χ1v) is 6.82. The van der Waals surface area contributed by atoms with E-state index in [1.807, 2.05) is 27.7 Å². The number of esters is 1. The van der Waals surface area contributed by atoms with Crippen molar-refractivity contribution in [2.45, 2.75) is 39.7 Å². The molecule has 0 saturated carbocycles. The fourth-order valence-corrected chi connectivity index (χ4v) is 3.09. The normalized spacial score (nSPS) is 11.3. The van der Waals surface area contributed by atoms with Gasteiger partial charge in [-0.15, -0.1) is 22.7 Å². The molecule has 6 heteroatoms. The second-order valence-corrected chi connectivity index (χ2v) is 6.99. The molecule has 0 aliphatic heterocycles. The summed E-state index contributed by atoms with van der Waals surface area (Å²) in [6.45, 7) is 7.31. The lowest BCUT2D eigenvalue weighted by Gasteiger charge is -2.20. The summed E-state index contributed by atoms with van der Waals surface area (Å²) < 4.78 is 6.47. The molecule has 4 nitrogen and oxygen atoms in total. The van der Waals surface area contributed by atoms with Crippen LogP contribution in [-0.2, 0) is 9.53 Å². The summed E-state index contributed by atoms with van der Waals surface area (Å²) in [7, 11) is 0. The molecule has 96 valence electrons. The fourth-order valence-electron chi connectivity index (χ4n) is 1.10. The van der Waals surface area contributed by atoms with Crippen LogP contribution in [0, 0.1) is 0 Å². The fraction of sp³-hybridized carbons (Fsp3) is 0.545. The third kappa shape index (κ3) is 3.74. The van der Waals surface area contributed by atoms with Crippen molar-refractivity contribution in [2.24, 2.45) is 0 Å². The van der Waals surface area contributed by atoms with E-state index in [0.717, 1.165) is 3.85 Å². The highest BCUT2D eigenvalue weighted by atomic mass is 32.2. The summed E-state index contributed by atoms with van der Waals surface area (Å²) in [4.78, 5) is 11.9. The maximum Gasteiger partial charge on any atom is 0.336 e. The minimum atomic E-state index is -0.691. The second-order valence-electron chi connectivity index (χ2n) is 4.44. The molecule has 0 saturated heterocycles. The molecule has 2 N–H and O–H groups in total. The first kappa shape index (κ1) is 14.1. The molecule has 0 fully saturated rings. The molecule has 0 bridgehead atoms. The van der Waals surface area contributed by atoms with E-state index in [9.17, 15) is 4.79 Å². The maximum absolute atomic E-state index is 11.9. The lowest BCUT2D eigenvalue weighted by molar-refractivity contribution is -0.147. The third-order valence-electron chi connectivity index (χ3n) is 1.80. The third-order valence-corrected chi connectivity index (χ3v) is 4.40. The van der Waals surface area contributed by atoms with Gasteiger partial charge in [-0.25, -0.2) is 4.79 Å². The van der Waals surface area contributed by atoms with Gasteiger partial charge in [0, 0.05) is 0 Å². The average molecular weight is 276 g/mol. The van der Waals surface area contributed by atoms with Crippen LogP contribution < -0.4 is 7.69 Å². The Bertz CT molecular complexity index is 494. The number of hydrogen-bond donors (Lipinski definition) is 2. The number of rotatable bonds is 2. The molecule has 1 heterocycles. The van der Waals surface area contributed by atoms with Crippen LogP contribution in [0.25, 0.3) is 11.5 Å². The Kier molecular flexibility index (Phi) is 4.21. The van der Waals surface area contributed by atoms with Crippen molar-refractivity contribution in [3.8, 4) is 0 Å². The predicted molar refractivity (Wildman–Crippen MR) is 69.7 cm³/mol. The highest BCUT2D eigenvalue weighted by Gasteiger charge is 2.20. The highest BCUT2D eigenvalue weighted by Crippen LogP contribution is 2.14. The Morgan fingerprint density at radius 1 is 1.24 bits per heavy atom. The number of ether oxygens (including phenoxy) is 1. The van der Waals surface area contributed by atoms with Crippen molar-refractivity contribution in [2.75, 3.05) is 0 Å². The van der Waals surface area contributed by atoms with Crippen LogP contribution in [0.4, 0.5) is 0 Å². The molecule has 0 aliphatic rings. The molecule has 0 atom stereocenters. The van der Waals surface area contributed by atoms with Gasteiger partial charge in [-0.05, 0) is 27.2 Å². The van der Waals surface area contributed by atoms with Gasteiger partial charge in [0.15, 0.2) is 3.85 Å². The van der Waals surface area contributed by atoms with E-state index in [2.05, 4.69) is 0 Å². The molecule has 0 aromatic carbocycles. The molecule has 0 radical (unpaired) electrons.